The van der Waals surface area contributed by atoms with Gasteiger partial charge in [0, 0.05) is 17.8 Å². The first-order valence-corrected chi connectivity index (χ1v) is 6.98. The zero-order chi connectivity index (χ0) is 13.7. The molecule has 19 heavy (non-hydrogen) atoms. The number of aryl methyl sites for hydroxylation is 1. The average molecular weight is 257 g/mol. The van der Waals surface area contributed by atoms with Crippen LogP contribution in [-0.4, -0.2) is 16.3 Å². The van der Waals surface area contributed by atoms with Gasteiger partial charge in [-0.1, -0.05) is 36.8 Å². The molecule has 0 spiro atoms. The molecule has 0 amide bonds. The number of benzene rings is 1. The van der Waals surface area contributed by atoms with Crippen LogP contribution in [0, 0.1) is 13.8 Å². The summed E-state index contributed by atoms with van der Waals surface area (Å²) in [5.41, 5.74) is 5.15. The zero-order valence-corrected chi connectivity index (χ0v) is 12.1. The number of hydrogen-bond donors (Lipinski definition) is 1. The molecule has 0 fully saturated rings. The first-order chi connectivity index (χ1) is 9.20. The van der Waals surface area contributed by atoms with Gasteiger partial charge < -0.3 is 5.32 Å². The Balaban J connectivity index is 2.05. The van der Waals surface area contributed by atoms with Gasteiger partial charge in [-0.3, -0.25) is 4.68 Å². The van der Waals surface area contributed by atoms with E-state index in [0.29, 0.717) is 0 Å². The maximum absolute atomic E-state index is 4.50. The smallest absolute Gasteiger partial charge is 0.0662 e. The van der Waals surface area contributed by atoms with E-state index in [9.17, 15) is 0 Å². The third kappa shape index (κ3) is 3.67. The minimum atomic E-state index is 0.849. The minimum absolute atomic E-state index is 0.849. The molecule has 0 aliphatic rings. The Labute approximate surface area is 115 Å². The largest absolute Gasteiger partial charge is 0.313 e. The molecule has 1 aromatic heterocycles. The van der Waals surface area contributed by atoms with Crippen LogP contribution in [-0.2, 0) is 13.1 Å². The lowest BCUT2D eigenvalue weighted by Gasteiger charge is -2.07. The highest BCUT2D eigenvalue weighted by atomic mass is 15.3. The Kier molecular flexibility index (Phi) is 4.74. The van der Waals surface area contributed by atoms with Crippen LogP contribution < -0.4 is 5.32 Å². The fourth-order valence-electron chi connectivity index (χ4n) is 2.20. The quantitative estimate of drug-likeness (QED) is 0.806. The van der Waals surface area contributed by atoms with Crippen molar-refractivity contribution in [3.63, 3.8) is 0 Å². The van der Waals surface area contributed by atoms with Gasteiger partial charge in [0.05, 0.1) is 12.7 Å². The molecule has 102 valence electrons. The molecule has 3 nitrogen and oxygen atoms in total. The SMILES string of the molecule is CCCNCc1cnn(Cc2cccc(C)c2)c1C. The van der Waals surface area contributed by atoms with Gasteiger partial charge in [-0.2, -0.15) is 5.10 Å². The van der Waals surface area contributed by atoms with E-state index in [2.05, 4.69) is 60.1 Å². The van der Waals surface area contributed by atoms with E-state index in [1.165, 1.54) is 22.4 Å². The second kappa shape index (κ2) is 6.53. The maximum atomic E-state index is 4.50. The van der Waals surface area contributed by atoms with E-state index >= 15 is 0 Å². The predicted molar refractivity (Wildman–Crippen MR) is 79.2 cm³/mol. The van der Waals surface area contributed by atoms with Gasteiger partial charge in [0.25, 0.3) is 0 Å². The number of hydrogen-bond acceptors (Lipinski definition) is 2. The van der Waals surface area contributed by atoms with Crippen molar-refractivity contribution in [2.24, 2.45) is 0 Å². The van der Waals surface area contributed by atoms with Crippen LogP contribution in [0.15, 0.2) is 30.5 Å². The molecule has 0 saturated heterocycles. The predicted octanol–water partition coefficient (Wildman–Crippen LogP) is 3.05. The Morgan fingerprint density at radius 3 is 2.84 bits per heavy atom. The molecule has 1 heterocycles. The zero-order valence-electron chi connectivity index (χ0n) is 12.1. The lowest BCUT2D eigenvalue weighted by atomic mass is 10.1. The molecule has 0 atom stereocenters. The number of nitrogens with one attached hydrogen (secondary N) is 1. The fourth-order valence-corrected chi connectivity index (χ4v) is 2.20. The highest BCUT2D eigenvalue weighted by molar-refractivity contribution is 5.24. The average Bonchev–Trinajstić information content (AvgIpc) is 2.72. The van der Waals surface area contributed by atoms with Gasteiger partial charge in [-0.25, -0.2) is 0 Å². The van der Waals surface area contributed by atoms with E-state index in [0.717, 1.165) is 26.1 Å². The Bertz CT molecular complexity index is 529. The van der Waals surface area contributed by atoms with Gasteiger partial charge in [0.15, 0.2) is 0 Å². The van der Waals surface area contributed by atoms with Crippen molar-refractivity contribution in [3.05, 3.63) is 52.8 Å². The maximum Gasteiger partial charge on any atom is 0.0662 e. The summed E-state index contributed by atoms with van der Waals surface area (Å²) in [6.07, 6.45) is 3.14. The molecular formula is C16H23N3. The van der Waals surface area contributed by atoms with Gasteiger partial charge in [-0.05, 0) is 32.4 Å². The number of aromatic nitrogens is 2. The first kappa shape index (κ1) is 13.8. The lowest BCUT2D eigenvalue weighted by molar-refractivity contribution is 0.651. The summed E-state index contributed by atoms with van der Waals surface area (Å²) < 4.78 is 2.08. The molecule has 0 bridgehead atoms. The van der Waals surface area contributed by atoms with Gasteiger partial charge in [0.2, 0.25) is 0 Å². The third-order valence-corrected chi connectivity index (χ3v) is 3.36. The van der Waals surface area contributed by atoms with Gasteiger partial charge in [0.1, 0.15) is 0 Å². The normalized spacial score (nSPS) is 10.9. The summed E-state index contributed by atoms with van der Waals surface area (Å²) in [5.74, 6) is 0. The van der Waals surface area contributed by atoms with Gasteiger partial charge in [-0.15, -0.1) is 0 Å². The highest BCUT2D eigenvalue weighted by Gasteiger charge is 2.06. The van der Waals surface area contributed by atoms with Crippen LogP contribution >= 0.6 is 0 Å². The summed E-state index contributed by atoms with van der Waals surface area (Å²) in [7, 11) is 0. The van der Waals surface area contributed by atoms with Crippen molar-refractivity contribution in [3.8, 4) is 0 Å². The molecule has 2 rings (SSSR count). The summed E-state index contributed by atoms with van der Waals surface area (Å²) in [6, 6.07) is 8.60. The van der Waals surface area contributed by atoms with Crippen molar-refractivity contribution in [2.45, 2.75) is 40.3 Å². The van der Waals surface area contributed by atoms with E-state index in [-0.39, 0.29) is 0 Å². The van der Waals surface area contributed by atoms with E-state index < -0.39 is 0 Å². The molecule has 3 heteroatoms. The first-order valence-electron chi connectivity index (χ1n) is 6.98. The summed E-state index contributed by atoms with van der Waals surface area (Å²) >= 11 is 0. The molecule has 0 aliphatic carbocycles. The van der Waals surface area contributed by atoms with Crippen molar-refractivity contribution >= 4 is 0 Å². The van der Waals surface area contributed by atoms with Crippen LogP contribution in [0.5, 0.6) is 0 Å². The van der Waals surface area contributed by atoms with E-state index in [1.807, 2.05) is 6.20 Å². The topological polar surface area (TPSA) is 29.9 Å². The molecule has 1 N–H and O–H groups in total. The Hall–Kier alpha value is -1.61. The minimum Gasteiger partial charge on any atom is -0.313 e. The van der Waals surface area contributed by atoms with Crippen LogP contribution in [0.25, 0.3) is 0 Å². The molecular weight excluding hydrogens is 234 g/mol. The molecule has 0 aliphatic heterocycles. The third-order valence-electron chi connectivity index (χ3n) is 3.36. The summed E-state index contributed by atoms with van der Waals surface area (Å²) in [5, 5.41) is 7.92. The monoisotopic (exact) mass is 257 g/mol. The second-order valence-corrected chi connectivity index (χ2v) is 5.08. The summed E-state index contributed by atoms with van der Waals surface area (Å²) in [6.45, 7) is 9.27. The second-order valence-electron chi connectivity index (χ2n) is 5.08. The van der Waals surface area contributed by atoms with Crippen LogP contribution in [0.3, 0.4) is 0 Å². The number of rotatable bonds is 6. The lowest BCUT2D eigenvalue weighted by Crippen LogP contribution is -2.14. The van der Waals surface area contributed by atoms with Crippen molar-refractivity contribution in [2.75, 3.05) is 6.54 Å². The Morgan fingerprint density at radius 1 is 1.26 bits per heavy atom. The van der Waals surface area contributed by atoms with Crippen molar-refractivity contribution in [1.29, 1.82) is 0 Å². The molecule has 0 saturated carbocycles. The summed E-state index contributed by atoms with van der Waals surface area (Å²) in [4.78, 5) is 0. The van der Waals surface area contributed by atoms with E-state index in [1.54, 1.807) is 0 Å². The molecule has 0 radical (unpaired) electrons. The van der Waals surface area contributed by atoms with Crippen LogP contribution in [0.1, 0.15) is 35.7 Å². The van der Waals surface area contributed by atoms with Gasteiger partial charge >= 0.3 is 0 Å². The highest BCUT2D eigenvalue weighted by Crippen LogP contribution is 2.11. The molecule has 2 aromatic rings. The van der Waals surface area contributed by atoms with Crippen LogP contribution in [0.2, 0.25) is 0 Å². The molecule has 1 aromatic carbocycles. The standard InChI is InChI=1S/C16H23N3/c1-4-8-17-10-16-11-18-19(14(16)3)12-15-7-5-6-13(2)9-15/h5-7,9,11,17H,4,8,10,12H2,1-3H3. The van der Waals surface area contributed by atoms with Crippen LogP contribution in [0.4, 0.5) is 0 Å². The van der Waals surface area contributed by atoms with E-state index in [4.69, 9.17) is 0 Å². The Morgan fingerprint density at radius 2 is 2.11 bits per heavy atom. The van der Waals surface area contributed by atoms with Crippen molar-refractivity contribution in [1.82, 2.24) is 15.1 Å². The molecule has 0 unspecified atom stereocenters. The van der Waals surface area contributed by atoms with Crippen molar-refractivity contribution < 1.29 is 0 Å². The fraction of sp³-hybridized carbons (Fsp3) is 0.438. The number of nitrogens with zero attached hydrogens (tertiary/aromatic N) is 2.